The van der Waals surface area contributed by atoms with Crippen LogP contribution in [-0.2, 0) is 9.84 Å². The van der Waals surface area contributed by atoms with Gasteiger partial charge in [0.15, 0.2) is 9.84 Å². The fourth-order valence-electron chi connectivity index (χ4n) is 1.88. The van der Waals surface area contributed by atoms with Crippen LogP contribution in [0.5, 0.6) is 0 Å². The van der Waals surface area contributed by atoms with Crippen molar-refractivity contribution in [2.75, 3.05) is 11.1 Å². The Balaban J connectivity index is 2.41. The van der Waals surface area contributed by atoms with E-state index in [1.165, 1.54) is 19.1 Å². The number of hydrogen-bond acceptors (Lipinski definition) is 3. The molecule has 23 heavy (non-hydrogen) atoms. The second-order valence-corrected chi connectivity index (χ2v) is 7.66. The van der Waals surface area contributed by atoms with E-state index in [1.54, 1.807) is 12.1 Å². The molecule has 8 heteroatoms. The van der Waals surface area contributed by atoms with Crippen LogP contribution >= 0.6 is 23.2 Å². The van der Waals surface area contributed by atoms with E-state index in [0.29, 0.717) is 0 Å². The number of anilines is 1. The zero-order valence-corrected chi connectivity index (χ0v) is 14.3. The number of amides is 1. The Morgan fingerprint density at radius 3 is 2.48 bits per heavy atom. The lowest BCUT2D eigenvalue weighted by Crippen LogP contribution is -2.16. The number of sulfone groups is 1. The molecule has 2 aromatic carbocycles. The molecule has 2 rings (SSSR count). The average molecular weight is 376 g/mol. The predicted molar refractivity (Wildman–Crippen MR) is 88.5 cm³/mol. The van der Waals surface area contributed by atoms with E-state index in [1.807, 2.05) is 0 Å². The van der Waals surface area contributed by atoms with Crippen LogP contribution in [0.3, 0.4) is 0 Å². The molecule has 1 amide bonds. The molecule has 4 nitrogen and oxygen atoms in total. The normalized spacial score (nSPS) is 11.3. The molecule has 122 valence electrons. The molecule has 0 aliphatic carbocycles. The van der Waals surface area contributed by atoms with Crippen LogP contribution in [0.15, 0.2) is 41.3 Å². The third-order valence-corrected chi connectivity index (χ3v) is 5.49. The van der Waals surface area contributed by atoms with E-state index in [4.69, 9.17) is 23.2 Å². The molecule has 0 saturated carbocycles. The Labute approximate surface area is 143 Å². The van der Waals surface area contributed by atoms with Gasteiger partial charge in [-0.05, 0) is 24.3 Å². The Kier molecular flexibility index (Phi) is 5.29. The van der Waals surface area contributed by atoms with E-state index in [0.717, 1.165) is 12.1 Å². The molecule has 1 N–H and O–H groups in total. The maximum absolute atomic E-state index is 13.5. The van der Waals surface area contributed by atoms with Crippen molar-refractivity contribution in [3.8, 4) is 0 Å². The first-order chi connectivity index (χ1) is 10.8. The van der Waals surface area contributed by atoms with Gasteiger partial charge in [0, 0.05) is 0 Å². The molecule has 0 aliphatic heterocycles. The Bertz CT molecular complexity index is 869. The molecule has 0 atom stereocenters. The van der Waals surface area contributed by atoms with Gasteiger partial charge in [0.2, 0.25) is 0 Å². The fraction of sp³-hybridized carbons (Fsp3) is 0.133. The van der Waals surface area contributed by atoms with Gasteiger partial charge in [-0.25, -0.2) is 12.8 Å². The summed E-state index contributed by atoms with van der Waals surface area (Å²) >= 11 is 11.5. The van der Waals surface area contributed by atoms with Gasteiger partial charge in [0.05, 0.1) is 31.9 Å². The lowest BCUT2D eigenvalue weighted by Gasteiger charge is -2.12. The lowest BCUT2D eigenvalue weighted by molar-refractivity contribution is 0.102. The molecule has 0 aliphatic rings. The quantitative estimate of drug-likeness (QED) is 0.815. The molecule has 0 unspecified atom stereocenters. The van der Waals surface area contributed by atoms with Crippen LogP contribution in [0.2, 0.25) is 10.0 Å². The number of hydrogen-bond donors (Lipinski definition) is 1. The van der Waals surface area contributed by atoms with Gasteiger partial charge < -0.3 is 5.32 Å². The van der Waals surface area contributed by atoms with E-state index < -0.39 is 21.6 Å². The highest BCUT2D eigenvalue weighted by molar-refractivity contribution is 7.91. The number of benzene rings is 2. The van der Waals surface area contributed by atoms with E-state index in [9.17, 15) is 17.6 Å². The molecule has 2 aromatic rings. The number of carbonyl (C=O) groups excluding carboxylic acids is 1. The summed E-state index contributed by atoms with van der Waals surface area (Å²) in [5.41, 5.74) is -0.0389. The minimum absolute atomic E-state index is 0.0126. The van der Waals surface area contributed by atoms with E-state index in [2.05, 4.69) is 5.32 Å². The number of nitrogens with one attached hydrogen (secondary N) is 1. The van der Waals surface area contributed by atoms with Crippen molar-refractivity contribution in [2.45, 2.75) is 11.8 Å². The third-order valence-electron chi connectivity index (χ3n) is 3.10. The van der Waals surface area contributed by atoms with Gasteiger partial charge in [0.25, 0.3) is 5.91 Å². The number of carbonyl (C=O) groups is 1. The minimum atomic E-state index is -3.52. The van der Waals surface area contributed by atoms with Gasteiger partial charge in [-0.1, -0.05) is 42.3 Å². The fourth-order valence-corrected chi connectivity index (χ4v) is 3.40. The van der Waals surface area contributed by atoms with Crippen molar-refractivity contribution in [3.05, 3.63) is 57.8 Å². The topological polar surface area (TPSA) is 63.2 Å². The van der Waals surface area contributed by atoms with Gasteiger partial charge in [-0.3, -0.25) is 4.79 Å². The zero-order chi connectivity index (χ0) is 17.2. The number of rotatable bonds is 4. The first-order valence-corrected chi connectivity index (χ1v) is 8.94. The Morgan fingerprint density at radius 2 is 1.83 bits per heavy atom. The van der Waals surface area contributed by atoms with E-state index >= 15 is 0 Å². The van der Waals surface area contributed by atoms with E-state index in [-0.39, 0.29) is 31.9 Å². The second-order valence-electron chi connectivity index (χ2n) is 4.60. The molecule has 0 fully saturated rings. The largest absolute Gasteiger partial charge is 0.321 e. The Hall–Kier alpha value is -1.63. The van der Waals surface area contributed by atoms with Crippen LogP contribution in [0, 0.1) is 5.82 Å². The standard InChI is InChI=1S/C15H12Cl2FNO3S/c1-2-23(21,22)14-6-4-3-5-13(14)19-15(20)9-7-12(18)11(17)8-10(9)16/h3-8H,2H2,1H3,(H,19,20). The molecule has 0 heterocycles. The second kappa shape index (κ2) is 6.86. The molecule has 0 radical (unpaired) electrons. The van der Waals surface area contributed by atoms with Gasteiger partial charge in [-0.2, -0.15) is 0 Å². The SMILES string of the molecule is CCS(=O)(=O)c1ccccc1NC(=O)c1cc(F)c(Cl)cc1Cl. The van der Waals surface area contributed by atoms with Crippen LogP contribution in [0.4, 0.5) is 10.1 Å². The smallest absolute Gasteiger partial charge is 0.257 e. The summed E-state index contributed by atoms with van der Waals surface area (Å²) in [4.78, 5) is 12.3. The van der Waals surface area contributed by atoms with Crippen LogP contribution in [0.1, 0.15) is 17.3 Å². The van der Waals surface area contributed by atoms with Crippen LogP contribution < -0.4 is 5.32 Å². The zero-order valence-electron chi connectivity index (χ0n) is 11.9. The minimum Gasteiger partial charge on any atom is -0.321 e. The van der Waals surface area contributed by atoms with Crippen molar-refractivity contribution in [2.24, 2.45) is 0 Å². The third kappa shape index (κ3) is 3.83. The van der Waals surface area contributed by atoms with Gasteiger partial charge in [0.1, 0.15) is 5.82 Å². The van der Waals surface area contributed by atoms with Crippen molar-refractivity contribution in [3.63, 3.8) is 0 Å². The van der Waals surface area contributed by atoms with Gasteiger partial charge in [-0.15, -0.1) is 0 Å². The summed E-state index contributed by atoms with van der Waals surface area (Å²) in [7, 11) is -3.52. The van der Waals surface area contributed by atoms with Crippen LogP contribution in [0.25, 0.3) is 0 Å². The highest BCUT2D eigenvalue weighted by atomic mass is 35.5. The maximum Gasteiger partial charge on any atom is 0.257 e. The highest BCUT2D eigenvalue weighted by Crippen LogP contribution is 2.27. The Morgan fingerprint density at radius 1 is 1.17 bits per heavy atom. The van der Waals surface area contributed by atoms with Crippen molar-refractivity contribution >= 4 is 44.6 Å². The number of halogens is 3. The number of para-hydroxylation sites is 1. The molecule has 0 spiro atoms. The molecule has 0 saturated heterocycles. The average Bonchev–Trinajstić information content (AvgIpc) is 2.51. The highest BCUT2D eigenvalue weighted by Gasteiger charge is 2.20. The maximum atomic E-state index is 13.5. The van der Waals surface area contributed by atoms with Gasteiger partial charge >= 0.3 is 0 Å². The van der Waals surface area contributed by atoms with Crippen LogP contribution in [-0.4, -0.2) is 20.1 Å². The molecule has 0 bridgehead atoms. The van der Waals surface area contributed by atoms with Crippen molar-refractivity contribution in [1.29, 1.82) is 0 Å². The first-order valence-electron chi connectivity index (χ1n) is 6.54. The predicted octanol–water partition coefficient (Wildman–Crippen LogP) is 4.18. The summed E-state index contributed by atoms with van der Waals surface area (Å²) in [6, 6.07) is 7.97. The lowest BCUT2D eigenvalue weighted by atomic mass is 10.2. The summed E-state index contributed by atoms with van der Waals surface area (Å²) < 4.78 is 37.6. The summed E-state index contributed by atoms with van der Waals surface area (Å²) in [6.45, 7) is 1.50. The summed E-state index contributed by atoms with van der Waals surface area (Å²) in [5, 5.41) is 2.20. The molecular weight excluding hydrogens is 364 g/mol. The summed E-state index contributed by atoms with van der Waals surface area (Å²) in [5.74, 6) is -1.64. The first kappa shape index (κ1) is 17.7. The molecular formula is C15H12Cl2FNO3S. The summed E-state index contributed by atoms with van der Waals surface area (Å²) in [6.07, 6.45) is 0. The van der Waals surface area contributed by atoms with Crippen molar-refractivity contribution < 1.29 is 17.6 Å². The van der Waals surface area contributed by atoms with Crippen molar-refractivity contribution in [1.82, 2.24) is 0 Å². The molecule has 0 aromatic heterocycles. The monoisotopic (exact) mass is 375 g/mol.